The summed E-state index contributed by atoms with van der Waals surface area (Å²) in [5, 5.41) is 13.2. The second kappa shape index (κ2) is 26.0. The number of hydrogen-bond acceptors (Lipinski definition) is 5. The molecule has 2 atom stereocenters. The highest BCUT2D eigenvalue weighted by Crippen LogP contribution is 2.13. The number of carbonyl (C=O) groups excluding carboxylic acids is 2. The van der Waals surface area contributed by atoms with Crippen molar-refractivity contribution in [3.63, 3.8) is 0 Å². The average Bonchev–Trinajstić information content (AvgIpc) is 2.95. The molecule has 2 N–H and O–H groups in total. The molecule has 0 spiro atoms. The molecule has 0 heterocycles. The van der Waals surface area contributed by atoms with Crippen LogP contribution in [0.25, 0.3) is 0 Å². The molecule has 0 saturated heterocycles. The van der Waals surface area contributed by atoms with Crippen LogP contribution >= 0.6 is 0 Å². The van der Waals surface area contributed by atoms with Crippen molar-refractivity contribution < 1.29 is 24.2 Å². The number of unbranched alkanes of at least 4 members (excludes halogenated alkanes) is 14. The molecule has 40 heavy (non-hydrogen) atoms. The number of nitrogens with one attached hydrogen (secondary N) is 1. The fourth-order valence-electron chi connectivity index (χ4n) is 4.80. The summed E-state index contributed by atoms with van der Waals surface area (Å²) in [6.07, 6.45) is 19.6. The molecule has 0 bridgehead atoms. The minimum Gasteiger partial charge on any atom is -0.463 e. The molecule has 1 amide bonds. The van der Waals surface area contributed by atoms with E-state index in [9.17, 15) is 14.7 Å². The molecule has 230 valence electrons. The van der Waals surface area contributed by atoms with Crippen LogP contribution in [0.3, 0.4) is 0 Å². The summed E-state index contributed by atoms with van der Waals surface area (Å²) >= 11 is 0. The summed E-state index contributed by atoms with van der Waals surface area (Å²) in [6, 6.07) is 9.44. The van der Waals surface area contributed by atoms with Crippen molar-refractivity contribution in [1.29, 1.82) is 0 Å². The van der Waals surface area contributed by atoms with Crippen molar-refractivity contribution in [2.75, 3.05) is 13.2 Å². The summed E-state index contributed by atoms with van der Waals surface area (Å²) in [6.45, 7) is 5.15. The normalized spacial score (nSPS) is 12.7. The first-order chi connectivity index (χ1) is 19.5. The van der Waals surface area contributed by atoms with Gasteiger partial charge in [-0.1, -0.05) is 140 Å². The molecule has 1 aromatic rings. The number of carbonyl (C=O) groups is 2. The lowest BCUT2D eigenvalue weighted by molar-refractivity contribution is -0.148. The van der Waals surface area contributed by atoms with Crippen LogP contribution < -0.4 is 5.32 Å². The molecule has 0 aliphatic carbocycles. The Labute approximate surface area is 245 Å². The van der Waals surface area contributed by atoms with Crippen molar-refractivity contribution in [3.05, 3.63) is 35.9 Å². The first-order valence-corrected chi connectivity index (χ1v) is 16.3. The van der Waals surface area contributed by atoms with Gasteiger partial charge in [-0.25, -0.2) is 0 Å². The molecule has 6 nitrogen and oxygen atoms in total. The van der Waals surface area contributed by atoms with E-state index in [1.807, 2.05) is 30.3 Å². The van der Waals surface area contributed by atoms with Gasteiger partial charge >= 0.3 is 5.97 Å². The first kappa shape index (κ1) is 36.1. The van der Waals surface area contributed by atoms with Gasteiger partial charge in [0.2, 0.25) is 5.91 Å². The number of aliphatic hydroxyl groups is 1. The van der Waals surface area contributed by atoms with Crippen LogP contribution in [0.15, 0.2) is 30.3 Å². The molecule has 6 heteroatoms. The lowest BCUT2D eigenvalue weighted by Gasteiger charge is -2.20. The van der Waals surface area contributed by atoms with Crippen molar-refractivity contribution in [1.82, 2.24) is 5.32 Å². The minimum atomic E-state index is -0.683. The van der Waals surface area contributed by atoms with Gasteiger partial charge in [0, 0.05) is 6.42 Å². The predicted octanol–water partition coefficient (Wildman–Crippen LogP) is 8.04. The summed E-state index contributed by atoms with van der Waals surface area (Å²) in [5.74, 6) is -0.471. The van der Waals surface area contributed by atoms with Gasteiger partial charge in [-0.3, -0.25) is 9.59 Å². The van der Waals surface area contributed by atoms with E-state index < -0.39 is 18.1 Å². The SMILES string of the molecule is CCCCCCCCCCCCCC(=O)N[C@H](COCc1ccccc1)COC(=O)C[C@H](O)CCCCCCC. The van der Waals surface area contributed by atoms with E-state index in [-0.39, 0.29) is 25.5 Å². The van der Waals surface area contributed by atoms with E-state index in [0.29, 0.717) is 19.4 Å². The highest BCUT2D eigenvalue weighted by atomic mass is 16.5. The maximum Gasteiger partial charge on any atom is 0.308 e. The molecule has 0 unspecified atom stereocenters. The van der Waals surface area contributed by atoms with E-state index in [1.165, 1.54) is 70.6 Å². The lowest BCUT2D eigenvalue weighted by Crippen LogP contribution is -2.42. The summed E-state index contributed by atoms with van der Waals surface area (Å²) in [5.41, 5.74) is 1.05. The number of benzene rings is 1. The molecule has 0 fully saturated rings. The number of aliphatic hydroxyl groups excluding tert-OH is 1. The van der Waals surface area contributed by atoms with Crippen molar-refractivity contribution in [3.8, 4) is 0 Å². The van der Waals surface area contributed by atoms with Crippen molar-refractivity contribution >= 4 is 11.9 Å². The zero-order valence-corrected chi connectivity index (χ0v) is 25.7. The Morgan fingerprint density at radius 1 is 0.750 bits per heavy atom. The zero-order chi connectivity index (χ0) is 29.1. The first-order valence-electron chi connectivity index (χ1n) is 16.3. The number of rotatable bonds is 27. The Balaban J connectivity index is 2.31. The molecule has 0 aliphatic rings. The molecule has 0 aliphatic heterocycles. The third-order valence-electron chi connectivity index (χ3n) is 7.29. The van der Waals surface area contributed by atoms with Gasteiger partial charge in [-0.05, 0) is 18.4 Å². The molecular formula is C34H59NO5. The van der Waals surface area contributed by atoms with Crippen LogP contribution in [-0.2, 0) is 25.7 Å². The zero-order valence-electron chi connectivity index (χ0n) is 25.7. The number of esters is 1. The van der Waals surface area contributed by atoms with E-state index in [0.717, 1.165) is 37.7 Å². The average molecular weight is 562 g/mol. The Morgan fingerprint density at radius 2 is 1.30 bits per heavy atom. The molecule has 1 rings (SSSR count). The minimum absolute atomic E-state index is 0.0158. The molecule has 1 aromatic carbocycles. The van der Waals surface area contributed by atoms with Gasteiger partial charge in [0.15, 0.2) is 0 Å². The number of hydrogen-bond donors (Lipinski definition) is 2. The molecule has 0 saturated carbocycles. The molecular weight excluding hydrogens is 502 g/mol. The van der Waals surface area contributed by atoms with Crippen LogP contribution in [0, 0.1) is 0 Å². The summed E-state index contributed by atoms with van der Waals surface area (Å²) in [7, 11) is 0. The van der Waals surface area contributed by atoms with E-state index >= 15 is 0 Å². The van der Waals surface area contributed by atoms with E-state index in [4.69, 9.17) is 9.47 Å². The second-order valence-electron chi connectivity index (χ2n) is 11.3. The molecule has 0 aromatic heterocycles. The van der Waals surface area contributed by atoms with Crippen LogP contribution in [0.4, 0.5) is 0 Å². The summed E-state index contributed by atoms with van der Waals surface area (Å²) < 4.78 is 11.3. The highest BCUT2D eigenvalue weighted by Gasteiger charge is 2.17. The number of ether oxygens (including phenoxy) is 2. The quantitative estimate of drug-likeness (QED) is 0.0838. The van der Waals surface area contributed by atoms with Gasteiger partial charge in [-0.2, -0.15) is 0 Å². The third kappa shape index (κ3) is 21.8. The monoisotopic (exact) mass is 561 g/mol. The van der Waals surface area contributed by atoms with Gasteiger partial charge < -0.3 is 19.9 Å². The van der Waals surface area contributed by atoms with Gasteiger partial charge in [0.1, 0.15) is 6.61 Å². The Kier molecular flexibility index (Phi) is 23.5. The largest absolute Gasteiger partial charge is 0.463 e. The van der Waals surface area contributed by atoms with Crippen molar-refractivity contribution in [2.45, 2.75) is 155 Å². The fraction of sp³-hybridized carbons (Fsp3) is 0.765. The summed E-state index contributed by atoms with van der Waals surface area (Å²) in [4.78, 5) is 24.9. The van der Waals surface area contributed by atoms with E-state index in [2.05, 4.69) is 19.2 Å². The topological polar surface area (TPSA) is 84.9 Å². The van der Waals surface area contributed by atoms with Gasteiger partial charge in [-0.15, -0.1) is 0 Å². The maximum atomic E-state index is 12.6. The van der Waals surface area contributed by atoms with Crippen LogP contribution in [-0.4, -0.2) is 42.3 Å². The Morgan fingerprint density at radius 3 is 1.90 bits per heavy atom. The fourth-order valence-corrected chi connectivity index (χ4v) is 4.80. The van der Waals surface area contributed by atoms with Crippen LogP contribution in [0.1, 0.15) is 141 Å². The predicted molar refractivity (Wildman–Crippen MR) is 164 cm³/mol. The third-order valence-corrected chi connectivity index (χ3v) is 7.29. The van der Waals surface area contributed by atoms with Crippen molar-refractivity contribution in [2.24, 2.45) is 0 Å². The maximum absolute atomic E-state index is 12.6. The Hall–Kier alpha value is -1.92. The van der Waals surface area contributed by atoms with Gasteiger partial charge in [0.25, 0.3) is 0 Å². The smallest absolute Gasteiger partial charge is 0.308 e. The molecule has 0 radical (unpaired) electrons. The van der Waals surface area contributed by atoms with Crippen LogP contribution in [0.2, 0.25) is 0 Å². The lowest BCUT2D eigenvalue weighted by atomic mass is 10.1. The van der Waals surface area contributed by atoms with Gasteiger partial charge in [0.05, 0.1) is 31.8 Å². The number of amides is 1. The highest BCUT2D eigenvalue weighted by molar-refractivity contribution is 5.76. The van der Waals surface area contributed by atoms with Crippen LogP contribution in [0.5, 0.6) is 0 Å². The second-order valence-corrected chi connectivity index (χ2v) is 11.3. The van der Waals surface area contributed by atoms with E-state index in [1.54, 1.807) is 0 Å². The standard InChI is InChI=1S/C34H59NO5/c1-3-5-7-9-10-11-12-13-14-16-21-25-33(37)35-31(28-39-27-30-22-18-17-19-23-30)29-40-34(38)26-32(36)24-20-15-8-6-4-2/h17-19,22-23,31-32,36H,3-16,20-21,24-29H2,1-2H3,(H,35,37)/t31-,32-/m1/s1. The Bertz CT molecular complexity index is 726.